The van der Waals surface area contributed by atoms with Gasteiger partial charge in [0.25, 0.3) is 5.91 Å². The zero-order valence-corrected chi connectivity index (χ0v) is 16.8. The number of furan rings is 1. The molecule has 1 saturated carbocycles. The summed E-state index contributed by atoms with van der Waals surface area (Å²) >= 11 is 6.00. The molecule has 0 unspecified atom stereocenters. The molecule has 0 saturated heterocycles. The fourth-order valence-electron chi connectivity index (χ4n) is 3.49. The largest absolute Gasteiger partial charge is 0.441 e. The summed E-state index contributed by atoms with van der Waals surface area (Å²) in [6.07, 6.45) is 4.56. The van der Waals surface area contributed by atoms with Crippen molar-refractivity contribution in [2.75, 3.05) is 6.26 Å². The molecule has 1 aromatic carbocycles. The molecule has 2 heterocycles. The number of halogens is 1. The van der Waals surface area contributed by atoms with E-state index in [4.69, 9.17) is 25.2 Å². The highest BCUT2D eigenvalue weighted by atomic mass is 35.5. The highest BCUT2D eigenvalue weighted by Gasteiger charge is 2.28. The highest BCUT2D eigenvalue weighted by molar-refractivity contribution is 7.91. The molecule has 0 spiro atoms. The number of amides is 1. The summed E-state index contributed by atoms with van der Waals surface area (Å²) in [5, 5.41) is 3.59. The first-order chi connectivity index (χ1) is 13.3. The van der Waals surface area contributed by atoms with Crippen LogP contribution < -0.4 is 5.32 Å². The van der Waals surface area contributed by atoms with Gasteiger partial charge in [-0.3, -0.25) is 4.79 Å². The number of benzene rings is 1. The Morgan fingerprint density at radius 2 is 1.96 bits per heavy atom. The normalized spacial score (nSPS) is 22.1. The summed E-state index contributed by atoms with van der Waals surface area (Å²) in [6.45, 7) is 0. The molecule has 1 aliphatic carbocycles. The predicted octanol–water partition coefficient (Wildman–Crippen LogP) is 4.57. The third-order valence-corrected chi connectivity index (χ3v) is 6.19. The molecule has 2 aromatic heterocycles. The van der Waals surface area contributed by atoms with Gasteiger partial charge < -0.3 is 14.2 Å². The standard InChI is InChI=1S/C19H20ClN3O4S/c1-28(21,25)17-9-8-16(26-17)18(24)22-13-5-2-11(3-6-13)19-23-14-10-12(20)4-7-15(14)27-19/h4,7-11,13,21H,2-3,5-6H2,1H3,(H,22,24)/t11-,13+,28-/m1/s1. The molecule has 28 heavy (non-hydrogen) atoms. The minimum Gasteiger partial charge on any atom is -0.441 e. The Bertz CT molecular complexity index is 1130. The molecule has 3 aromatic rings. The zero-order chi connectivity index (χ0) is 19.9. The van der Waals surface area contributed by atoms with E-state index in [1.807, 2.05) is 6.07 Å². The van der Waals surface area contributed by atoms with E-state index in [0.717, 1.165) is 36.8 Å². The molecule has 0 radical (unpaired) electrons. The average Bonchev–Trinajstić information content (AvgIpc) is 3.29. The summed E-state index contributed by atoms with van der Waals surface area (Å²) in [5.41, 5.74) is 1.48. The van der Waals surface area contributed by atoms with Crippen LogP contribution in [0.1, 0.15) is 48.0 Å². The summed E-state index contributed by atoms with van der Waals surface area (Å²) in [5.74, 6) is 0.651. The second-order valence-electron chi connectivity index (χ2n) is 7.15. The Labute approximate surface area is 167 Å². The summed E-state index contributed by atoms with van der Waals surface area (Å²) in [7, 11) is -2.97. The number of hydrogen-bond acceptors (Lipinski definition) is 6. The van der Waals surface area contributed by atoms with Gasteiger partial charge in [0.1, 0.15) is 15.2 Å². The van der Waals surface area contributed by atoms with Gasteiger partial charge in [-0.25, -0.2) is 14.0 Å². The number of carbonyl (C=O) groups is 1. The maximum atomic E-state index is 12.4. The van der Waals surface area contributed by atoms with Gasteiger partial charge in [0.2, 0.25) is 0 Å². The molecule has 1 aliphatic rings. The van der Waals surface area contributed by atoms with Gasteiger partial charge in [-0.1, -0.05) is 11.6 Å². The minimum absolute atomic E-state index is 0.0115. The molecule has 148 valence electrons. The molecule has 9 heteroatoms. The predicted molar refractivity (Wildman–Crippen MR) is 105 cm³/mol. The van der Waals surface area contributed by atoms with E-state index in [0.29, 0.717) is 10.9 Å². The van der Waals surface area contributed by atoms with E-state index in [2.05, 4.69) is 10.3 Å². The lowest BCUT2D eigenvalue weighted by molar-refractivity contribution is 0.0891. The van der Waals surface area contributed by atoms with Crippen molar-refractivity contribution in [2.24, 2.45) is 0 Å². The van der Waals surface area contributed by atoms with E-state index in [1.165, 1.54) is 18.4 Å². The number of nitrogens with one attached hydrogen (secondary N) is 2. The van der Waals surface area contributed by atoms with Crippen molar-refractivity contribution < 1.29 is 17.8 Å². The van der Waals surface area contributed by atoms with Crippen LogP contribution in [0.25, 0.3) is 11.1 Å². The lowest BCUT2D eigenvalue weighted by atomic mass is 9.86. The first kappa shape index (κ1) is 19.0. The van der Waals surface area contributed by atoms with Crippen molar-refractivity contribution in [1.29, 1.82) is 4.78 Å². The monoisotopic (exact) mass is 421 g/mol. The molecule has 1 fully saturated rings. The second-order valence-corrected chi connectivity index (χ2v) is 9.67. The number of aromatic nitrogens is 1. The Hall–Kier alpha value is -2.32. The Balaban J connectivity index is 1.37. The average molecular weight is 422 g/mol. The highest BCUT2D eigenvalue weighted by Crippen LogP contribution is 2.34. The molecule has 0 aliphatic heterocycles. The number of carbonyl (C=O) groups excluding carboxylic acids is 1. The van der Waals surface area contributed by atoms with Crippen molar-refractivity contribution in [3.63, 3.8) is 0 Å². The fraction of sp³-hybridized carbons (Fsp3) is 0.368. The molecular formula is C19H20ClN3O4S. The number of rotatable bonds is 4. The first-order valence-corrected chi connectivity index (χ1v) is 11.3. The Morgan fingerprint density at radius 1 is 1.21 bits per heavy atom. The molecule has 0 bridgehead atoms. The van der Waals surface area contributed by atoms with E-state index in [-0.39, 0.29) is 28.7 Å². The third-order valence-electron chi connectivity index (χ3n) is 4.97. The maximum Gasteiger partial charge on any atom is 0.287 e. The van der Waals surface area contributed by atoms with E-state index < -0.39 is 9.73 Å². The molecular weight excluding hydrogens is 402 g/mol. The quantitative estimate of drug-likeness (QED) is 0.641. The Morgan fingerprint density at radius 3 is 2.64 bits per heavy atom. The molecule has 1 amide bonds. The zero-order valence-electron chi connectivity index (χ0n) is 15.2. The lowest BCUT2D eigenvalue weighted by Gasteiger charge is -2.27. The van der Waals surface area contributed by atoms with Crippen LogP contribution in [0.4, 0.5) is 0 Å². The van der Waals surface area contributed by atoms with Gasteiger partial charge in [-0.05, 0) is 56.0 Å². The van der Waals surface area contributed by atoms with Crippen LogP contribution in [0.5, 0.6) is 0 Å². The van der Waals surface area contributed by atoms with Crippen LogP contribution in [0, 0.1) is 4.78 Å². The molecule has 4 rings (SSSR count). The first-order valence-electron chi connectivity index (χ1n) is 9.00. The minimum atomic E-state index is -2.97. The van der Waals surface area contributed by atoms with Gasteiger partial charge in [-0.2, -0.15) is 0 Å². The van der Waals surface area contributed by atoms with Gasteiger partial charge in [0.15, 0.2) is 22.3 Å². The number of nitrogens with zero attached hydrogens (tertiary/aromatic N) is 1. The van der Waals surface area contributed by atoms with E-state index in [1.54, 1.807) is 12.1 Å². The van der Waals surface area contributed by atoms with Crippen molar-refractivity contribution in [1.82, 2.24) is 10.3 Å². The van der Waals surface area contributed by atoms with Crippen molar-refractivity contribution in [3.05, 3.63) is 47.0 Å². The number of hydrogen-bond donors (Lipinski definition) is 2. The Kier molecular flexibility index (Phi) is 4.93. The van der Waals surface area contributed by atoms with Crippen LogP contribution >= 0.6 is 11.6 Å². The van der Waals surface area contributed by atoms with Gasteiger partial charge in [0.05, 0.1) is 0 Å². The summed E-state index contributed by atoms with van der Waals surface area (Å²) < 4.78 is 30.3. The lowest BCUT2D eigenvalue weighted by Crippen LogP contribution is -2.37. The summed E-state index contributed by atoms with van der Waals surface area (Å²) in [4.78, 5) is 16.9. The third kappa shape index (κ3) is 3.93. The van der Waals surface area contributed by atoms with Crippen LogP contribution in [0.15, 0.2) is 44.3 Å². The fourth-order valence-corrected chi connectivity index (χ4v) is 4.23. The SMILES string of the molecule is C[S@@](=N)(=O)c1ccc(C(=O)N[C@H]2CC[C@@H](c3nc4cc(Cl)ccc4o3)CC2)o1. The van der Waals surface area contributed by atoms with Gasteiger partial charge >= 0.3 is 0 Å². The van der Waals surface area contributed by atoms with Crippen LogP contribution in [0.3, 0.4) is 0 Å². The summed E-state index contributed by atoms with van der Waals surface area (Å²) in [6, 6.07) is 8.29. The van der Waals surface area contributed by atoms with Crippen molar-refractivity contribution >= 4 is 38.3 Å². The maximum absolute atomic E-state index is 12.4. The van der Waals surface area contributed by atoms with Gasteiger partial charge in [-0.15, -0.1) is 0 Å². The smallest absolute Gasteiger partial charge is 0.287 e. The van der Waals surface area contributed by atoms with Crippen molar-refractivity contribution in [3.8, 4) is 0 Å². The van der Waals surface area contributed by atoms with E-state index >= 15 is 0 Å². The number of oxazole rings is 1. The van der Waals surface area contributed by atoms with E-state index in [9.17, 15) is 9.00 Å². The van der Waals surface area contributed by atoms with Crippen LogP contribution in [-0.4, -0.2) is 27.4 Å². The topological polar surface area (TPSA) is 109 Å². The van der Waals surface area contributed by atoms with Crippen LogP contribution in [0.2, 0.25) is 5.02 Å². The van der Waals surface area contributed by atoms with Crippen molar-refractivity contribution in [2.45, 2.75) is 42.7 Å². The molecule has 7 nitrogen and oxygen atoms in total. The molecule has 2 N–H and O–H groups in total. The van der Waals surface area contributed by atoms with Crippen LogP contribution in [-0.2, 0) is 9.73 Å². The second kappa shape index (κ2) is 7.25. The molecule has 1 atom stereocenters. The number of fused-ring (bicyclic) bond motifs is 1. The van der Waals surface area contributed by atoms with Gasteiger partial charge in [0, 0.05) is 23.2 Å².